The highest BCUT2D eigenvalue weighted by molar-refractivity contribution is 5.68. The van der Waals surface area contributed by atoms with E-state index in [2.05, 4.69) is 0 Å². The molecule has 0 aromatic heterocycles. The third-order valence-electron chi connectivity index (χ3n) is 3.23. The minimum absolute atomic E-state index is 0.167. The molecule has 2 rings (SSSR count). The second-order valence-electron chi connectivity index (χ2n) is 6.39. The predicted molar refractivity (Wildman–Crippen MR) is 77.8 cm³/mol. The lowest BCUT2D eigenvalue weighted by molar-refractivity contribution is 0.0126. The molecule has 1 aliphatic rings. The van der Waals surface area contributed by atoms with Crippen LogP contribution in [0.25, 0.3) is 0 Å². The van der Waals surface area contributed by atoms with Crippen LogP contribution in [-0.4, -0.2) is 35.8 Å². The van der Waals surface area contributed by atoms with Crippen molar-refractivity contribution in [3.8, 4) is 5.75 Å². The largest absolute Gasteiger partial charge is 0.490 e. The van der Waals surface area contributed by atoms with Gasteiger partial charge in [-0.1, -0.05) is 0 Å². The Morgan fingerprint density at radius 3 is 2.18 bits per heavy atom. The Bertz CT molecular complexity index is 514. The predicted octanol–water partition coefficient (Wildman–Crippen LogP) is 3.74. The van der Waals surface area contributed by atoms with Crippen molar-refractivity contribution in [3.63, 3.8) is 0 Å². The van der Waals surface area contributed by atoms with Crippen LogP contribution in [0, 0.1) is 11.6 Å². The summed E-state index contributed by atoms with van der Waals surface area (Å²) >= 11 is 0. The van der Waals surface area contributed by atoms with Gasteiger partial charge in [0.1, 0.15) is 29.1 Å². The van der Waals surface area contributed by atoms with E-state index in [4.69, 9.17) is 9.47 Å². The molecular weight excluding hydrogens is 292 g/mol. The van der Waals surface area contributed by atoms with Gasteiger partial charge >= 0.3 is 6.09 Å². The van der Waals surface area contributed by atoms with E-state index in [9.17, 15) is 13.6 Å². The zero-order valence-electron chi connectivity index (χ0n) is 13.1. The number of nitrogens with zero attached hydrogens (tertiary/aromatic N) is 1. The summed E-state index contributed by atoms with van der Waals surface area (Å²) in [4.78, 5) is 13.6. The fourth-order valence-corrected chi connectivity index (χ4v) is 2.27. The Morgan fingerprint density at radius 2 is 1.68 bits per heavy atom. The minimum atomic E-state index is -0.666. The van der Waals surface area contributed by atoms with Gasteiger partial charge in [-0.05, 0) is 20.8 Å². The standard InChI is InChI=1S/C16H21F2NO3/c1-16(2,3)22-15(20)19-6-4-13(5-7-19)21-14-9-11(17)8-12(18)10-14/h8-10,13H,4-7H2,1-3H3. The van der Waals surface area contributed by atoms with E-state index in [1.807, 2.05) is 20.8 Å². The highest BCUT2D eigenvalue weighted by Gasteiger charge is 2.27. The molecule has 1 aliphatic heterocycles. The number of piperidine rings is 1. The van der Waals surface area contributed by atoms with Crippen molar-refractivity contribution in [1.82, 2.24) is 4.90 Å². The van der Waals surface area contributed by atoms with E-state index in [1.54, 1.807) is 4.90 Å². The summed E-state index contributed by atoms with van der Waals surface area (Å²) in [7, 11) is 0. The summed E-state index contributed by atoms with van der Waals surface area (Å²) in [6.45, 7) is 6.45. The van der Waals surface area contributed by atoms with Crippen LogP contribution in [0.3, 0.4) is 0 Å². The lowest BCUT2D eigenvalue weighted by Crippen LogP contribution is -2.44. The summed E-state index contributed by atoms with van der Waals surface area (Å²) in [6, 6.07) is 3.12. The molecule has 0 bridgehead atoms. The second kappa shape index (κ2) is 6.50. The number of carbonyl (C=O) groups excluding carboxylic acids is 1. The summed E-state index contributed by atoms with van der Waals surface area (Å²) in [6.07, 6.45) is 0.678. The molecule has 22 heavy (non-hydrogen) atoms. The Morgan fingerprint density at radius 1 is 1.14 bits per heavy atom. The van der Waals surface area contributed by atoms with Gasteiger partial charge in [-0.3, -0.25) is 0 Å². The normalized spacial score (nSPS) is 16.5. The average Bonchev–Trinajstić information content (AvgIpc) is 2.36. The van der Waals surface area contributed by atoms with Crippen molar-refractivity contribution in [2.24, 2.45) is 0 Å². The van der Waals surface area contributed by atoms with Crippen LogP contribution >= 0.6 is 0 Å². The first-order valence-corrected chi connectivity index (χ1v) is 7.33. The third-order valence-corrected chi connectivity index (χ3v) is 3.23. The molecule has 0 spiro atoms. The minimum Gasteiger partial charge on any atom is -0.490 e. The van der Waals surface area contributed by atoms with Gasteiger partial charge in [0.2, 0.25) is 0 Å². The van der Waals surface area contributed by atoms with Crippen molar-refractivity contribution < 1.29 is 23.0 Å². The Balaban J connectivity index is 1.86. The first-order valence-electron chi connectivity index (χ1n) is 7.33. The Hall–Kier alpha value is -1.85. The van der Waals surface area contributed by atoms with Gasteiger partial charge in [-0.2, -0.15) is 0 Å². The van der Waals surface area contributed by atoms with E-state index >= 15 is 0 Å². The van der Waals surface area contributed by atoms with Crippen LogP contribution in [0.2, 0.25) is 0 Å². The summed E-state index contributed by atoms with van der Waals surface area (Å²) in [5.74, 6) is -1.16. The van der Waals surface area contributed by atoms with Crippen LogP contribution in [-0.2, 0) is 4.74 Å². The highest BCUT2D eigenvalue weighted by Crippen LogP contribution is 2.22. The smallest absolute Gasteiger partial charge is 0.410 e. The zero-order valence-corrected chi connectivity index (χ0v) is 13.1. The maximum absolute atomic E-state index is 13.1. The fourth-order valence-electron chi connectivity index (χ4n) is 2.27. The molecule has 0 N–H and O–H groups in total. The summed E-state index contributed by atoms with van der Waals surface area (Å²) in [5, 5.41) is 0. The number of ether oxygens (including phenoxy) is 2. The molecule has 1 aromatic carbocycles. The average molecular weight is 313 g/mol. The van der Waals surface area contributed by atoms with Crippen LogP contribution in [0.4, 0.5) is 13.6 Å². The topological polar surface area (TPSA) is 38.8 Å². The number of carbonyl (C=O) groups is 1. The van der Waals surface area contributed by atoms with Crippen molar-refractivity contribution >= 4 is 6.09 Å². The molecular formula is C16H21F2NO3. The number of hydrogen-bond acceptors (Lipinski definition) is 3. The van der Waals surface area contributed by atoms with Crippen LogP contribution in [0.15, 0.2) is 18.2 Å². The van der Waals surface area contributed by atoms with Crippen molar-refractivity contribution in [1.29, 1.82) is 0 Å². The van der Waals surface area contributed by atoms with Gasteiger partial charge in [-0.25, -0.2) is 13.6 Å². The van der Waals surface area contributed by atoms with Crippen molar-refractivity contribution in [2.75, 3.05) is 13.1 Å². The Labute approximate surface area is 129 Å². The van der Waals surface area contributed by atoms with Gasteiger partial charge in [0, 0.05) is 44.1 Å². The van der Waals surface area contributed by atoms with E-state index < -0.39 is 17.2 Å². The third kappa shape index (κ3) is 4.86. The first kappa shape index (κ1) is 16.5. The fraction of sp³-hybridized carbons (Fsp3) is 0.562. The SMILES string of the molecule is CC(C)(C)OC(=O)N1CCC(Oc2cc(F)cc(F)c2)CC1. The lowest BCUT2D eigenvalue weighted by atomic mass is 10.1. The van der Waals surface area contributed by atoms with E-state index in [-0.39, 0.29) is 17.9 Å². The maximum atomic E-state index is 13.1. The van der Waals surface area contributed by atoms with E-state index in [1.165, 1.54) is 0 Å². The zero-order chi connectivity index (χ0) is 16.3. The molecule has 1 aromatic rings. The number of likely N-dealkylation sites (tertiary alicyclic amines) is 1. The van der Waals surface area contributed by atoms with Gasteiger partial charge < -0.3 is 14.4 Å². The molecule has 0 atom stereocenters. The van der Waals surface area contributed by atoms with Gasteiger partial charge in [0.25, 0.3) is 0 Å². The van der Waals surface area contributed by atoms with Gasteiger partial charge in [0.05, 0.1) is 0 Å². The van der Waals surface area contributed by atoms with E-state index in [0.29, 0.717) is 25.9 Å². The van der Waals surface area contributed by atoms with Crippen molar-refractivity contribution in [2.45, 2.75) is 45.3 Å². The second-order valence-corrected chi connectivity index (χ2v) is 6.39. The number of halogens is 2. The van der Waals surface area contributed by atoms with Crippen LogP contribution in [0.1, 0.15) is 33.6 Å². The molecule has 1 saturated heterocycles. The van der Waals surface area contributed by atoms with Crippen LogP contribution in [0.5, 0.6) is 5.75 Å². The van der Waals surface area contributed by atoms with E-state index in [0.717, 1.165) is 18.2 Å². The Kier molecular flexibility index (Phi) is 4.88. The molecule has 0 radical (unpaired) electrons. The number of amides is 1. The van der Waals surface area contributed by atoms with Gasteiger partial charge in [0.15, 0.2) is 0 Å². The molecule has 122 valence electrons. The van der Waals surface area contributed by atoms with Crippen LogP contribution < -0.4 is 4.74 Å². The van der Waals surface area contributed by atoms with Gasteiger partial charge in [-0.15, -0.1) is 0 Å². The molecule has 1 heterocycles. The molecule has 0 unspecified atom stereocenters. The molecule has 0 aliphatic carbocycles. The lowest BCUT2D eigenvalue weighted by Gasteiger charge is -2.33. The highest BCUT2D eigenvalue weighted by atomic mass is 19.1. The molecule has 6 heteroatoms. The summed E-state index contributed by atoms with van der Waals surface area (Å²) in [5.41, 5.74) is -0.524. The summed E-state index contributed by atoms with van der Waals surface area (Å²) < 4.78 is 37.1. The quantitative estimate of drug-likeness (QED) is 0.835. The molecule has 0 saturated carbocycles. The number of hydrogen-bond donors (Lipinski definition) is 0. The number of rotatable bonds is 2. The molecule has 1 amide bonds. The molecule has 1 fully saturated rings. The van der Waals surface area contributed by atoms with Crippen molar-refractivity contribution in [3.05, 3.63) is 29.8 Å². The number of benzene rings is 1. The first-order chi connectivity index (χ1) is 10.2. The molecule has 4 nitrogen and oxygen atoms in total. The monoisotopic (exact) mass is 313 g/mol. The maximum Gasteiger partial charge on any atom is 0.410 e.